The van der Waals surface area contributed by atoms with Gasteiger partial charge in [-0.1, -0.05) is 36.4 Å². The van der Waals surface area contributed by atoms with Gasteiger partial charge in [0.1, 0.15) is 5.75 Å². The molecule has 2 aliphatic rings. The first-order valence-corrected chi connectivity index (χ1v) is 10.4. The standard InChI is InChI=1S/C24H28N2O3/c1-29-19-7-4-5-17(15-19)16-24(14-12-23(28)26-24)13-11-22(27)25-21-10-9-18-6-2-3-8-20(18)21/h2-8,15,21H,9-14,16H2,1H3,(H,25,27)(H,26,28)/t21-,24-/m0/s1. The Labute approximate surface area is 171 Å². The van der Waals surface area contributed by atoms with Crippen molar-refractivity contribution < 1.29 is 14.3 Å². The van der Waals surface area contributed by atoms with Crippen molar-refractivity contribution in [1.82, 2.24) is 10.6 Å². The van der Waals surface area contributed by atoms with E-state index in [1.54, 1.807) is 7.11 Å². The molecule has 0 spiro atoms. The summed E-state index contributed by atoms with van der Waals surface area (Å²) in [7, 11) is 1.65. The summed E-state index contributed by atoms with van der Waals surface area (Å²) < 4.78 is 5.32. The van der Waals surface area contributed by atoms with E-state index in [1.807, 2.05) is 36.4 Å². The summed E-state index contributed by atoms with van der Waals surface area (Å²) in [6, 6.07) is 16.3. The van der Waals surface area contributed by atoms with Crippen molar-refractivity contribution in [1.29, 1.82) is 0 Å². The normalized spacial score (nSPS) is 22.8. The van der Waals surface area contributed by atoms with Crippen LogP contribution in [0, 0.1) is 0 Å². The van der Waals surface area contributed by atoms with Crippen molar-refractivity contribution in [2.75, 3.05) is 7.11 Å². The molecule has 2 aromatic carbocycles. The Kier molecular flexibility index (Phi) is 5.56. The fourth-order valence-electron chi connectivity index (χ4n) is 4.68. The van der Waals surface area contributed by atoms with E-state index in [1.165, 1.54) is 11.1 Å². The van der Waals surface area contributed by atoms with E-state index < -0.39 is 0 Å². The molecule has 1 fully saturated rings. The number of rotatable bonds is 7. The smallest absolute Gasteiger partial charge is 0.220 e. The Bertz CT molecular complexity index is 911. The lowest BCUT2D eigenvalue weighted by Gasteiger charge is -2.29. The van der Waals surface area contributed by atoms with Crippen LogP contribution in [0.4, 0.5) is 0 Å². The highest BCUT2D eigenvalue weighted by Gasteiger charge is 2.38. The predicted molar refractivity (Wildman–Crippen MR) is 112 cm³/mol. The predicted octanol–water partition coefficient (Wildman–Crippen LogP) is 3.47. The average molecular weight is 392 g/mol. The van der Waals surface area contributed by atoms with Crippen LogP contribution in [0.15, 0.2) is 48.5 Å². The van der Waals surface area contributed by atoms with Gasteiger partial charge in [-0.05, 0) is 60.9 Å². The monoisotopic (exact) mass is 392 g/mol. The number of carbonyl (C=O) groups excluding carboxylic acids is 2. The zero-order valence-corrected chi connectivity index (χ0v) is 16.9. The zero-order valence-electron chi connectivity index (χ0n) is 16.9. The highest BCUT2D eigenvalue weighted by atomic mass is 16.5. The lowest BCUT2D eigenvalue weighted by atomic mass is 9.85. The molecular weight excluding hydrogens is 364 g/mol. The molecule has 2 amide bonds. The van der Waals surface area contributed by atoms with Crippen LogP contribution in [0.2, 0.25) is 0 Å². The second-order valence-corrected chi connectivity index (χ2v) is 8.21. The summed E-state index contributed by atoms with van der Waals surface area (Å²) in [6.07, 6.45) is 4.98. The maximum absolute atomic E-state index is 12.7. The molecule has 0 aromatic heterocycles. The van der Waals surface area contributed by atoms with Gasteiger partial charge in [-0.15, -0.1) is 0 Å². The number of nitrogens with one attached hydrogen (secondary N) is 2. The second kappa shape index (κ2) is 8.27. The van der Waals surface area contributed by atoms with Crippen LogP contribution < -0.4 is 15.4 Å². The summed E-state index contributed by atoms with van der Waals surface area (Å²) in [4.78, 5) is 24.7. The van der Waals surface area contributed by atoms with Crippen molar-refractivity contribution in [3.05, 3.63) is 65.2 Å². The van der Waals surface area contributed by atoms with Gasteiger partial charge in [-0.3, -0.25) is 9.59 Å². The van der Waals surface area contributed by atoms with E-state index in [0.717, 1.165) is 30.6 Å². The number of amides is 2. The van der Waals surface area contributed by atoms with Gasteiger partial charge < -0.3 is 15.4 Å². The molecule has 152 valence electrons. The summed E-state index contributed by atoms with van der Waals surface area (Å²) in [5, 5.41) is 6.36. The number of aryl methyl sites for hydroxylation is 1. The molecule has 2 atom stereocenters. The highest BCUT2D eigenvalue weighted by molar-refractivity contribution is 5.80. The number of methoxy groups -OCH3 is 1. The van der Waals surface area contributed by atoms with Crippen LogP contribution in [0.5, 0.6) is 5.75 Å². The molecular formula is C24H28N2O3. The zero-order chi connectivity index (χ0) is 20.3. The minimum absolute atomic E-state index is 0.0536. The van der Waals surface area contributed by atoms with Gasteiger partial charge in [-0.25, -0.2) is 0 Å². The van der Waals surface area contributed by atoms with E-state index in [-0.39, 0.29) is 23.4 Å². The molecule has 29 heavy (non-hydrogen) atoms. The first-order valence-electron chi connectivity index (χ1n) is 10.4. The third-order valence-corrected chi connectivity index (χ3v) is 6.21. The van der Waals surface area contributed by atoms with Crippen LogP contribution in [-0.4, -0.2) is 24.5 Å². The van der Waals surface area contributed by atoms with Gasteiger partial charge in [0, 0.05) is 18.4 Å². The average Bonchev–Trinajstić information content (AvgIpc) is 3.31. The van der Waals surface area contributed by atoms with Gasteiger partial charge in [0.2, 0.25) is 11.8 Å². The molecule has 4 rings (SSSR count). The van der Waals surface area contributed by atoms with Crippen molar-refractivity contribution in [2.45, 2.75) is 56.5 Å². The Hall–Kier alpha value is -2.82. The summed E-state index contributed by atoms with van der Waals surface area (Å²) in [5.74, 6) is 0.926. The third-order valence-electron chi connectivity index (χ3n) is 6.21. The number of fused-ring (bicyclic) bond motifs is 1. The van der Waals surface area contributed by atoms with E-state index in [4.69, 9.17) is 4.74 Å². The molecule has 2 N–H and O–H groups in total. The molecule has 5 nitrogen and oxygen atoms in total. The largest absolute Gasteiger partial charge is 0.497 e. The lowest BCUT2D eigenvalue weighted by molar-refractivity contribution is -0.123. The van der Waals surface area contributed by atoms with Crippen molar-refractivity contribution in [3.8, 4) is 5.75 Å². The van der Waals surface area contributed by atoms with Crippen molar-refractivity contribution in [3.63, 3.8) is 0 Å². The first kappa shape index (κ1) is 19.5. The van der Waals surface area contributed by atoms with Crippen LogP contribution in [0.1, 0.15) is 54.8 Å². The molecule has 0 unspecified atom stereocenters. The fraction of sp³-hybridized carbons (Fsp3) is 0.417. The fourth-order valence-corrected chi connectivity index (χ4v) is 4.68. The first-order chi connectivity index (χ1) is 14.1. The Morgan fingerprint density at radius 1 is 1.21 bits per heavy atom. The van der Waals surface area contributed by atoms with Gasteiger partial charge >= 0.3 is 0 Å². The molecule has 1 aliphatic heterocycles. The highest BCUT2D eigenvalue weighted by Crippen LogP contribution is 2.32. The second-order valence-electron chi connectivity index (χ2n) is 8.21. The van der Waals surface area contributed by atoms with Crippen LogP contribution in [0.3, 0.4) is 0 Å². The van der Waals surface area contributed by atoms with Gasteiger partial charge in [0.25, 0.3) is 0 Å². The molecule has 0 saturated carbocycles. The van der Waals surface area contributed by atoms with E-state index in [2.05, 4.69) is 22.8 Å². The van der Waals surface area contributed by atoms with Gasteiger partial charge in [0.15, 0.2) is 0 Å². The Morgan fingerprint density at radius 2 is 2.07 bits per heavy atom. The maximum atomic E-state index is 12.7. The molecule has 1 aliphatic carbocycles. The van der Waals surface area contributed by atoms with E-state index in [9.17, 15) is 9.59 Å². The van der Waals surface area contributed by atoms with Crippen LogP contribution in [0.25, 0.3) is 0 Å². The van der Waals surface area contributed by atoms with Gasteiger partial charge in [0.05, 0.1) is 13.2 Å². The van der Waals surface area contributed by atoms with Gasteiger partial charge in [-0.2, -0.15) is 0 Å². The number of hydrogen-bond acceptors (Lipinski definition) is 3. The number of benzene rings is 2. The number of ether oxygens (including phenoxy) is 1. The SMILES string of the molecule is COc1cccc(C[C@]2(CCC(=O)N[C@H]3CCc4ccccc43)CCC(=O)N2)c1. The van der Waals surface area contributed by atoms with Crippen LogP contribution >= 0.6 is 0 Å². The Balaban J connectivity index is 1.40. The summed E-state index contributed by atoms with van der Waals surface area (Å²) in [5.41, 5.74) is 3.31. The number of carbonyl (C=O) groups is 2. The quantitative estimate of drug-likeness (QED) is 0.758. The number of hydrogen-bond donors (Lipinski definition) is 2. The topological polar surface area (TPSA) is 67.4 Å². The molecule has 0 radical (unpaired) electrons. The molecule has 0 bridgehead atoms. The maximum Gasteiger partial charge on any atom is 0.220 e. The van der Waals surface area contributed by atoms with E-state index in [0.29, 0.717) is 25.7 Å². The molecule has 1 heterocycles. The summed E-state index contributed by atoms with van der Waals surface area (Å²) in [6.45, 7) is 0. The summed E-state index contributed by atoms with van der Waals surface area (Å²) >= 11 is 0. The molecule has 2 aromatic rings. The van der Waals surface area contributed by atoms with E-state index >= 15 is 0 Å². The molecule has 5 heteroatoms. The van der Waals surface area contributed by atoms with Crippen LogP contribution in [-0.2, 0) is 22.4 Å². The third kappa shape index (κ3) is 4.44. The molecule has 1 saturated heterocycles. The Morgan fingerprint density at radius 3 is 2.86 bits per heavy atom. The minimum Gasteiger partial charge on any atom is -0.497 e. The lowest BCUT2D eigenvalue weighted by Crippen LogP contribution is -2.44. The van der Waals surface area contributed by atoms with Crippen molar-refractivity contribution >= 4 is 11.8 Å². The van der Waals surface area contributed by atoms with Crippen molar-refractivity contribution in [2.24, 2.45) is 0 Å². The minimum atomic E-state index is -0.367.